The molecule has 0 bridgehead atoms. The maximum atomic E-state index is 11.4. The summed E-state index contributed by atoms with van der Waals surface area (Å²) in [7, 11) is 1.61. The van der Waals surface area contributed by atoms with E-state index in [4.69, 9.17) is 14.6 Å². The van der Waals surface area contributed by atoms with Gasteiger partial charge in [-0.05, 0) is 42.9 Å². The Balaban J connectivity index is 2.78. The van der Waals surface area contributed by atoms with E-state index in [0.29, 0.717) is 31.2 Å². The van der Waals surface area contributed by atoms with Crippen molar-refractivity contribution in [1.82, 2.24) is 4.90 Å². The number of benzene rings is 1. The number of rotatable bonds is 11. The minimum atomic E-state index is -0.0289. The van der Waals surface area contributed by atoms with Crippen LogP contribution in [0, 0.1) is 5.41 Å². The molecule has 5 nitrogen and oxygen atoms in total. The van der Waals surface area contributed by atoms with Gasteiger partial charge in [0.15, 0.2) is 11.5 Å². The fourth-order valence-electron chi connectivity index (χ4n) is 2.64. The van der Waals surface area contributed by atoms with Crippen LogP contribution in [0.25, 0.3) is 0 Å². The molecule has 0 atom stereocenters. The molecule has 1 aromatic rings. The van der Waals surface area contributed by atoms with Gasteiger partial charge < -0.3 is 19.5 Å². The summed E-state index contributed by atoms with van der Waals surface area (Å²) in [5.41, 5.74) is 0.970. The van der Waals surface area contributed by atoms with E-state index in [0.717, 1.165) is 24.8 Å². The van der Waals surface area contributed by atoms with Crippen molar-refractivity contribution in [2.24, 2.45) is 5.41 Å². The van der Waals surface area contributed by atoms with Gasteiger partial charge in [0.1, 0.15) is 0 Å². The van der Waals surface area contributed by atoms with Crippen molar-refractivity contribution in [3.8, 4) is 11.5 Å². The van der Waals surface area contributed by atoms with Gasteiger partial charge in [0.2, 0.25) is 6.41 Å². The average Bonchev–Trinajstić information content (AvgIpc) is 2.53. The number of nitrogens with zero attached hydrogens (tertiary/aromatic N) is 1. The van der Waals surface area contributed by atoms with Crippen LogP contribution in [0.5, 0.6) is 11.5 Å². The normalized spacial score (nSPS) is 11.2. The zero-order chi connectivity index (χ0) is 17.3. The Hall–Kier alpha value is -1.75. The standard InChI is InChI=1S/C18H29NO4/c1-5-23-17-11-15(7-8-16(17)22-4)12-19(14-21)13-18(2,3)9-6-10-20/h7-8,11,14,20H,5-6,9-10,12-13H2,1-4H3. The van der Waals surface area contributed by atoms with E-state index in [2.05, 4.69) is 13.8 Å². The fourth-order valence-corrected chi connectivity index (χ4v) is 2.64. The molecule has 5 heteroatoms. The van der Waals surface area contributed by atoms with Crippen LogP contribution in [0.4, 0.5) is 0 Å². The van der Waals surface area contributed by atoms with E-state index >= 15 is 0 Å². The van der Waals surface area contributed by atoms with Gasteiger partial charge in [-0.15, -0.1) is 0 Å². The van der Waals surface area contributed by atoms with Gasteiger partial charge >= 0.3 is 0 Å². The first-order chi connectivity index (χ1) is 11.0. The monoisotopic (exact) mass is 323 g/mol. The summed E-state index contributed by atoms with van der Waals surface area (Å²) in [4.78, 5) is 13.2. The van der Waals surface area contributed by atoms with Crippen molar-refractivity contribution in [2.45, 2.75) is 40.2 Å². The second-order valence-corrected chi connectivity index (χ2v) is 6.42. The molecule has 0 saturated heterocycles. The lowest BCUT2D eigenvalue weighted by molar-refractivity contribution is -0.120. The number of carbonyl (C=O) groups excluding carboxylic acids is 1. The number of hydrogen-bond donors (Lipinski definition) is 1. The highest BCUT2D eigenvalue weighted by Gasteiger charge is 2.21. The number of hydrogen-bond acceptors (Lipinski definition) is 4. The highest BCUT2D eigenvalue weighted by atomic mass is 16.5. The van der Waals surface area contributed by atoms with Crippen LogP contribution >= 0.6 is 0 Å². The van der Waals surface area contributed by atoms with Crippen LogP contribution in [0.15, 0.2) is 18.2 Å². The lowest BCUT2D eigenvalue weighted by Crippen LogP contribution is -2.33. The smallest absolute Gasteiger partial charge is 0.210 e. The Kier molecular flexibility index (Phi) is 7.89. The molecule has 0 unspecified atom stereocenters. The summed E-state index contributed by atoms with van der Waals surface area (Å²) < 4.78 is 10.9. The minimum Gasteiger partial charge on any atom is -0.493 e. The Labute approximate surface area is 139 Å². The van der Waals surface area contributed by atoms with E-state index < -0.39 is 0 Å². The minimum absolute atomic E-state index is 0.0289. The summed E-state index contributed by atoms with van der Waals surface area (Å²) in [6.07, 6.45) is 2.50. The molecule has 0 aliphatic rings. The molecule has 0 heterocycles. The zero-order valence-electron chi connectivity index (χ0n) is 14.7. The topological polar surface area (TPSA) is 59.0 Å². The molecule has 1 N–H and O–H groups in total. The first-order valence-corrected chi connectivity index (χ1v) is 8.05. The molecule has 0 saturated carbocycles. The van der Waals surface area contributed by atoms with Gasteiger partial charge in [-0.2, -0.15) is 0 Å². The van der Waals surface area contributed by atoms with Crippen molar-refractivity contribution in [2.75, 3.05) is 26.9 Å². The lowest BCUT2D eigenvalue weighted by Gasteiger charge is -2.30. The highest BCUT2D eigenvalue weighted by Crippen LogP contribution is 2.29. The SMILES string of the molecule is CCOc1cc(CN(C=O)CC(C)(C)CCCO)ccc1OC. The number of methoxy groups -OCH3 is 1. The van der Waals surface area contributed by atoms with E-state index in [-0.39, 0.29) is 12.0 Å². The van der Waals surface area contributed by atoms with Gasteiger partial charge in [-0.25, -0.2) is 0 Å². The lowest BCUT2D eigenvalue weighted by atomic mass is 9.87. The third-order valence-electron chi connectivity index (χ3n) is 3.71. The van der Waals surface area contributed by atoms with Crippen LogP contribution in [0.3, 0.4) is 0 Å². The third kappa shape index (κ3) is 6.48. The molecule has 0 radical (unpaired) electrons. The third-order valence-corrected chi connectivity index (χ3v) is 3.71. The predicted octanol–water partition coefficient (Wildman–Crippen LogP) is 2.85. The van der Waals surface area contributed by atoms with Crippen molar-refractivity contribution >= 4 is 6.41 Å². The summed E-state index contributed by atoms with van der Waals surface area (Å²) in [5, 5.41) is 8.98. The molecule has 23 heavy (non-hydrogen) atoms. The molecule has 1 amide bonds. The van der Waals surface area contributed by atoms with Crippen molar-refractivity contribution in [1.29, 1.82) is 0 Å². The molecule has 0 fully saturated rings. The van der Waals surface area contributed by atoms with E-state index in [1.807, 2.05) is 25.1 Å². The molecule has 0 aromatic heterocycles. The summed E-state index contributed by atoms with van der Waals surface area (Å²) in [6, 6.07) is 5.72. The molecular formula is C18H29NO4. The number of ether oxygens (including phenoxy) is 2. The number of aliphatic hydroxyl groups is 1. The van der Waals surface area contributed by atoms with Crippen LogP contribution in [0.1, 0.15) is 39.2 Å². The van der Waals surface area contributed by atoms with Crippen molar-refractivity contribution < 1.29 is 19.4 Å². The predicted molar refractivity (Wildman–Crippen MR) is 90.7 cm³/mol. The molecule has 1 rings (SSSR count). The van der Waals surface area contributed by atoms with E-state index in [9.17, 15) is 4.79 Å². The molecule has 130 valence electrons. The Bertz CT molecular complexity index is 488. The molecular weight excluding hydrogens is 294 g/mol. The average molecular weight is 323 g/mol. The van der Waals surface area contributed by atoms with Crippen molar-refractivity contribution in [3.63, 3.8) is 0 Å². The highest BCUT2D eigenvalue weighted by molar-refractivity contribution is 5.49. The van der Waals surface area contributed by atoms with E-state index in [1.54, 1.807) is 12.0 Å². The second kappa shape index (κ2) is 9.40. The molecule has 1 aromatic carbocycles. The first kappa shape index (κ1) is 19.3. The Morgan fingerprint density at radius 3 is 2.61 bits per heavy atom. The molecule has 0 aliphatic heterocycles. The van der Waals surface area contributed by atoms with Crippen LogP contribution in [-0.4, -0.2) is 43.3 Å². The quantitative estimate of drug-likeness (QED) is 0.636. The maximum absolute atomic E-state index is 11.4. The first-order valence-electron chi connectivity index (χ1n) is 8.05. The van der Waals surface area contributed by atoms with Gasteiger partial charge in [0, 0.05) is 19.7 Å². The molecule has 0 aliphatic carbocycles. The van der Waals surface area contributed by atoms with Crippen LogP contribution < -0.4 is 9.47 Å². The van der Waals surface area contributed by atoms with Crippen LogP contribution in [0.2, 0.25) is 0 Å². The number of carbonyl (C=O) groups is 1. The molecule has 0 spiro atoms. The Morgan fingerprint density at radius 2 is 2.04 bits per heavy atom. The van der Waals surface area contributed by atoms with Gasteiger partial charge in [0.25, 0.3) is 0 Å². The summed E-state index contributed by atoms with van der Waals surface area (Å²) in [6.45, 7) is 8.06. The number of amides is 1. The fraction of sp³-hybridized carbons (Fsp3) is 0.611. The van der Waals surface area contributed by atoms with Gasteiger partial charge in [-0.3, -0.25) is 4.79 Å². The Morgan fingerprint density at radius 1 is 1.30 bits per heavy atom. The maximum Gasteiger partial charge on any atom is 0.210 e. The van der Waals surface area contributed by atoms with Crippen molar-refractivity contribution in [3.05, 3.63) is 23.8 Å². The number of aliphatic hydroxyl groups excluding tert-OH is 1. The van der Waals surface area contributed by atoms with Gasteiger partial charge in [0.05, 0.1) is 13.7 Å². The largest absolute Gasteiger partial charge is 0.493 e. The zero-order valence-corrected chi connectivity index (χ0v) is 14.7. The van der Waals surface area contributed by atoms with Crippen LogP contribution in [-0.2, 0) is 11.3 Å². The second-order valence-electron chi connectivity index (χ2n) is 6.42. The summed E-state index contributed by atoms with van der Waals surface area (Å²) >= 11 is 0. The summed E-state index contributed by atoms with van der Waals surface area (Å²) in [5.74, 6) is 1.38. The van der Waals surface area contributed by atoms with Gasteiger partial charge in [-0.1, -0.05) is 19.9 Å². The van der Waals surface area contributed by atoms with E-state index in [1.165, 1.54) is 0 Å².